The number of imidazole rings is 1. The Morgan fingerprint density at radius 2 is 1.68 bits per heavy atom. The highest BCUT2D eigenvalue weighted by molar-refractivity contribution is 6.30. The van der Waals surface area contributed by atoms with Crippen LogP contribution in [-0.4, -0.2) is 35.2 Å². The number of unbranched alkanes of at least 4 members (excludes halogenated alkanes) is 1. The third kappa shape index (κ3) is 7.49. The Morgan fingerprint density at radius 3 is 2.46 bits per heavy atom. The molecule has 0 fully saturated rings. The zero-order valence-corrected chi connectivity index (χ0v) is 22.3. The molecule has 1 aromatic heterocycles. The molecule has 37 heavy (non-hydrogen) atoms. The number of carbonyl (C=O) groups excluding carboxylic acids is 1. The van der Waals surface area contributed by atoms with Crippen molar-refractivity contribution in [3.8, 4) is 11.5 Å². The fraction of sp³-hybridized carbons (Fsp3) is 0.333. The van der Waals surface area contributed by atoms with Gasteiger partial charge in [0.15, 0.2) is 6.61 Å². The summed E-state index contributed by atoms with van der Waals surface area (Å²) >= 11 is 5.87. The molecule has 1 heterocycles. The minimum Gasteiger partial charge on any atom is -0.493 e. The number of benzene rings is 3. The molecule has 0 aliphatic heterocycles. The quantitative estimate of drug-likeness (QED) is 0.211. The van der Waals surface area contributed by atoms with Crippen molar-refractivity contribution in [1.82, 2.24) is 14.9 Å². The zero-order valence-electron chi connectivity index (χ0n) is 21.5. The van der Waals surface area contributed by atoms with E-state index in [1.165, 1.54) is 11.1 Å². The molecule has 0 atom stereocenters. The van der Waals surface area contributed by atoms with E-state index in [-0.39, 0.29) is 12.5 Å². The molecule has 4 aromatic rings. The van der Waals surface area contributed by atoms with Crippen molar-refractivity contribution in [2.75, 3.05) is 19.8 Å². The summed E-state index contributed by atoms with van der Waals surface area (Å²) in [5, 5.41) is 3.56. The second kappa shape index (κ2) is 13.2. The molecule has 6 nitrogen and oxygen atoms in total. The van der Waals surface area contributed by atoms with Crippen molar-refractivity contribution < 1.29 is 14.3 Å². The maximum Gasteiger partial charge on any atom is 0.257 e. The number of halogens is 1. The van der Waals surface area contributed by atoms with E-state index < -0.39 is 0 Å². The first-order valence-corrected chi connectivity index (χ1v) is 13.2. The van der Waals surface area contributed by atoms with Crippen LogP contribution in [0.3, 0.4) is 0 Å². The van der Waals surface area contributed by atoms with Gasteiger partial charge >= 0.3 is 0 Å². The summed E-state index contributed by atoms with van der Waals surface area (Å²) < 4.78 is 13.9. The van der Waals surface area contributed by atoms with Crippen LogP contribution in [0.4, 0.5) is 0 Å². The molecule has 0 bridgehead atoms. The fourth-order valence-electron chi connectivity index (χ4n) is 4.34. The maximum absolute atomic E-state index is 12.2. The highest BCUT2D eigenvalue weighted by Crippen LogP contribution is 2.23. The number of carbonyl (C=O) groups is 1. The second-order valence-corrected chi connectivity index (χ2v) is 9.58. The van der Waals surface area contributed by atoms with Crippen molar-refractivity contribution in [2.24, 2.45) is 0 Å². The lowest BCUT2D eigenvalue weighted by molar-refractivity contribution is -0.123. The number of ether oxygens (including phenoxy) is 2. The van der Waals surface area contributed by atoms with E-state index in [9.17, 15) is 4.79 Å². The predicted octanol–water partition coefficient (Wildman–Crippen LogP) is 6.29. The average Bonchev–Trinajstić information content (AvgIpc) is 3.25. The normalized spacial score (nSPS) is 11.0. The van der Waals surface area contributed by atoms with Crippen LogP contribution in [0.1, 0.15) is 36.2 Å². The van der Waals surface area contributed by atoms with Crippen LogP contribution >= 0.6 is 11.6 Å². The molecule has 7 heteroatoms. The molecule has 4 rings (SSSR count). The Bertz CT molecular complexity index is 1300. The number of para-hydroxylation sites is 3. The molecule has 0 aliphatic rings. The summed E-state index contributed by atoms with van der Waals surface area (Å²) in [6, 6.07) is 21.4. The first-order chi connectivity index (χ1) is 18.0. The number of aryl methyl sites for hydroxylation is 4. The highest BCUT2D eigenvalue weighted by Gasteiger charge is 2.11. The SMILES string of the molecule is Cc1cccc(C)c1OCCCCn1c(CCCNC(=O)COc2ccc(Cl)cc2)nc2ccccc21. The Hall–Kier alpha value is -3.51. The second-order valence-electron chi connectivity index (χ2n) is 9.14. The van der Waals surface area contributed by atoms with E-state index in [2.05, 4.69) is 60.1 Å². The molecular weight excluding hydrogens is 486 g/mol. The van der Waals surface area contributed by atoms with Crippen LogP contribution < -0.4 is 14.8 Å². The lowest BCUT2D eigenvalue weighted by Gasteiger charge is -2.13. The van der Waals surface area contributed by atoms with E-state index in [0.29, 0.717) is 23.9 Å². The van der Waals surface area contributed by atoms with E-state index in [0.717, 1.165) is 54.8 Å². The number of hydrogen-bond donors (Lipinski definition) is 1. The van der Waals surface area contributed by atoms with E-state index in [1.807, 2.05) is 6.07 Å². The van der Waals surface area contributed by atoms with Crippen LogP contribution in [0.15, 0.2) is 66.7 Å². The van der Waals surface area contributed by atoms with Gasteiger partial charge in [-0.2, -0.15) is 0 Å². The van der Waals surface area contributed by atoms with E-state index in [1.54, 1.807) is 24.3 Å². The monoisotopic (exact) mass is 519 g/mol. The fourth-order valence-corrected chi connectivity index (χ4v) is 4.47. The lowest BCUT2D eigenvalue weighted by Crippen LogP contribution is -2.30. The lowest BCUT2D eigenvalue weighted by atomic mass is 10.1. The number of aromatic nitrogens is 2. The highest BCUT2D eigenvalue weighted by atomic mass is 35.5. The molecule has 0 aliphatic carbocycles. The number of hydrogen-bond acceptors (Lipinski definition) is 4. The molecule has 0 saturated carbocycles. The third-order valence-corrected chi connectivity index (χ3v) is 6.50. The number of fused-ring (bicyclic) bond motifs is 1. The van der Waals surface area contributed by atoms with Gasteiger partial charge in [0.2, 0.25) is 0 Å². The molecule has 0 radical (unpaired) electrons. The van der Waals surface area contributed by atoms with Crippen LogP contribution in [0.2, 0.25) is 5.02 Å². The molecule has 0 spiro atoms. The van der Waals surface area contributed by atoms with Gasteiger partial charge in [-0.3, -0.25) is 4.79 Å². The van der Waals surface area contributed by atoms with Crippen LogP contribution in [0, 0.1) is 13.8 Å². The largest absolute Gasteiger partial charge is 0.493 e. The van der Waals surface area contributed by atoms with Gasteiger partial charge in [-0.25, -0.2) is 4.98 Å². The number of amides is 1. The Kier molecular flexibility index (Phi) is 9.44. The van der Waals surface area contributed by atoms with Crippen LogP contribution in [-0.2, 0) is 17.8 Å². The predicted molar refractivity (Wildman–Crippen MR) is 149 cm³/mol. The van der Waals surface area contributed by atoms with E-state index in [4.69, 9.17) is 26.1 Å². The van der Waals surface area contributed by atoms with Crippen molar-refractivity contribution in [1.29, 1.82) is 0 Å². The van der Waals surface area contributed by atoms with E-state index >= 15 is 0 Å². The van der Waals surface area contributed by atoms with Gasteiger partial charge in [0.05, 0.1) is 17.6 Å². The van der Waals surface area contributed by atoms with Gasteiger partial charge in [0.25, 0.3) is 5.91 Å². The molecule has 3 aromatic carbocycles. The Labute approximate surface area is 223 Å². The first kappa shape index (κ1) is 26.6. The summed E-state index contributed by atoms with van der Waals surface area (Å²) in [5.74, 6) is 2.51. The first-order valence-electron chi connectivity index (χ1n) is 12.8. The van der Waals surface area contributed by atoms with Gasteiger partial charge in [0.1, 0.15) is 17.3 Å². The van der Waals surface area contributed by atoms with Crippen molar-refractivity contribution in [3.05, 3.63) is 88.7 Å². The van der Waals surface area contributed by atoms with Crippen molar-refractivity contribution in [3.63, 3.8) is 0 Å². The number of nitrogens with zero attached hydrogens (tertiary/aromatic N) is 2. The summed E-state index contributed by atoms with van der Waals surface area (Å²) in [6.07, 6.45) is 3.54. The van der Waals surface area contributed by atoms with Gasteiger partial charge in [-0.1, -0.05) is 41.9 Å². The molecule has 0 saturated heterocycles. The van der Waals surface area contributed by atoms with Crippen molar-refractivity contribution in [2.45, 2.75) is 46.1 Å². The summed E-state index contributed by atoms with van der Waals surface area (Å²) in [7, 11) is 0. The average molecular weight is 520 g/mol. The summed E-state index contributed by atoms with van der Waals surface area (Å²) in [5.41, 5.74) is 4.50. The van der Waals surface area contributed by atoms with Gasteiger partial charge < -0.3 is 19.4 Å². The summed E-state index contributed by atoms with van der Waals surface area (Å²) in [6.45, 7) is 6.29. The molecular formula is C30H34ClN3O3. The number of rotatable bonds is 13. The van der Waals surface area contributed by atoms with Gasteiger partial charge in [-0.15, -0.1) is 0 Å². The number of nitrogens with one attached hydrogen (secondary N) is 1. The smallest absolute Gasteiger partial charge is 0.257 e. The summed E-state index contributed by atoms with van der Waals surface area (Å²) in [4.78, 5) is 17.0. The Morgan fingerprint density at radius 1 is 0.919 bits per heavy atom. The zero-order chi connectivity index (χ0) is 26.0. The minimum absolute atomic E-state index is 0.0236. The molecule has 194 valence electrons. The van der Waals surface area contributed by atoms with Gasteiger partial charge in [0, 0.05) is 24.5 Å². The minimum atomic E-state index is -0.146. The van der Waals surface area contributed by atoms with Crippen molar-refractivity contribution >= 4 is 28.5 Å². The maximum atomic E-state index is 12.2. The third-order valence-electron chi connectivity index (χ3n) is 6.25. The Balaban J connectivity index is 1.24. The molecule has 1 amide bonds. The standard InChI is InChI=1S/C30H34ClN3O3/c1-22-9-7-10-23(2)30(22)36-20-6-5-19-34-27-12-4-3-11-26(27)33-28(34)13-8-18-32-29(35)21-37-25-16-14-24(31)15-17-25/h3-4,7,9-12,14-17H,5-6,8,13,18-21H2,1-2H3,(H,32,35). The van der Waals surface area contributed by atoms with Gasteiger partial charge in [-0.05, 0) is 80.6 Å². The van der Waals surface area contributed by atoms with Crippen LogP contribution in [0.25, 0.3) is 11.0 Å². The topological polar surface area (TPSA) is 65.4 Å². The molecule has 0 unspecified atom stereocenters. The molecule has 1 N–H and O–H groups in total. The van der Waals surface area contributed by atoms with Crippen LogP contribution in [0.5, 0.6) is 11.5 Å².